The Hall–Kier alpha value is -1.96. The number of carbonyl (C=O) groups is 1. The number of nitrogens with one attached hydrogen (secondary N) is 2. The van der Waals surface area contributed by atoms with Gasteiger partial charge in [0.1, 0.15) is 5.69 Å². The van der Waals surface area contributed by atoms with Crippen molar-refractivity contribution < 1.29 is 9.53 Å². The topological polar surface area (TPSA) is 66.5 Å². The van der Waals surface area contributed by atoms with Crippen molar-refractivity contribution in [1.82, 2.24) is 15.2 Å². The maximum Gasteiger partial charge on any atom is 0.270 e. The van der Waals surface area contributed by atoms with Crippen molar-refractivity contribution >= 4 is 28.1 Å². The number of benzene rings is 1. The zero-order chi connectivity index (χ0) is 16.8. The summed E-state index contributed by atoms with van der Waals surface area (Å²) in [5.41, 5.74) is 2.60. The molecule has 0 unspecified atom stereocenters. The van der Waals surface area contributed by atoms with E-state index in [1.54, 1.807) is 5.38 Å². The van der Waals surface area contributed by atoms with Crippen molar-refractivity contribution in [2.75, 3.05) is 44.7 Å². The first-order valence-corrected chi connectivity index (χ1v) is 8.97. The van der Waals surface area contributed by atoms with Gasteiger partial charge in [-0.15, -0.1) is 11.3 Å². The highest BCUT2D eigenvalue weighted by Gasteiger charge is 2.13. The SMILES string of the molecule is Cc1ccccc1Nc1nc(C(=O)NCCN2CCOCC2)cs1. The molecule has 1 aliphatic rings. The van der Waals surface area contributed by atoms with Crippen LogP contribution in [0, 0.1) is 6.92 Å². The van der Waals surface area contributed by atoms with Crippen molar-refractivity contribution in [3.8, 4) is 0 Å². The number of hydrogen-bond donors (Lipinski definition) is 2. The molecule has 1 aromatic heterocycles. The summed E-state index contributed by atoms with van der Waals surface area (Å²) in [6.07, 6.45) is 0. The first-order valence-electron chi connectivity index (χ1n) is 8.09. The summed E-state index contributed by atoms with van der Waals surface area (Å²) < 4.78 is 5.31. The molecule has 0 radical (unpaired) electrons. The molecule has 2 aromatic rings. The molecule has 6 nitrogen and oxygen atoms in total. The number of ether oxygens (including phenoxy) is 1. The van der Waals surface area contributed by atoms with Gasteiger partial charge in [-0.3, -0.25) is 9.69 Å². The summed E-state index contributed by atoms with van der Waals surface area (Å²) in [5.74, 6) is -0.127. The highest BCUT2D eigenvalue weighted by molar-refractivity contribution is 7.14. The molecular weight excluding hydrogens is 324 g/mol. The number of carbonyl (C=O) groups excluding carboxylic acids is 1. The Kier molecular flexibility index (Phi) is 5.79. The number of hydrogen-bond acceptors (Lipinski definition) is 6. The molecule has 24 heavy (non-hydrogen) atoms. The van der Waals surface area contributed by atoms with Crippen molar-refractivity contribution in [3.05, 3.63) is 40.9 Å². The maximum atomic E-state index is 12.2. The van der Waals surface area contributed by atoms with Gasteiger partial charge in [0.2, 0.25) is 0 Å². The Morgan fingerprint density at radius 2 is 2.12 bits per heavy atom. The van der Waals surface area contributed by atoms with Gasteiger partial charge in [0.05, 0.1) is 13.2 Å². The fourth-order valence-electron chi connectivity index (χ4n) is 2.51. The molecule has 2 N–H and O–H groups in total. The molecule has 1 fully saturated rings. The number of thiazole rings is 1. The lowest BCUT2D eigenvalue weighted by Crippen LogP contribution is -2.41. The van der Waals surface area contributed by atoms with Gasteiger partial charge < -0.3 is 15.4 Å². The minimum absolute atomic E-state index is 0.127. The predicted octanol–water partition coefficient (Wildman–Crippen LogP) is 2.26. The Morgan fingerprint density at radius 1 is 1.33 bits per heavy atom. The Labute approximate surface area is 145 Å². The molecule has 0 aliphatic carbocycles. The van der Waals surface area contributed by atoms with Gasteiger partial charge in [0, 0.05) is 37.2 Å². The largest absolute Gasteiger partial charge is 0.379 e. The predicted molar refractivity (Wildman–Crippen MR) is 96.2 cm³/mol. The highest BCUT2D eigenvalue weighted by atomic mass is 32.1. The van der Waals surface area contributed by atoms with E-state index in [-0.39, 0.29) is 5.91 Å². The minimum atomic E-state index is -0.127. The van der Waals surface area contributed by atoms with E-state index in [0.29, 0.717) is 12.2 Å². The molecule has 0 spiro atoms. The van der Waals surface area contributed by atoms with Crippen LogP contribution in [-0.2, 0) is 4.74 Å². The summed E-state index contributed by atoms with van der Waals surface area (Å²) in [6, 6.07) is 8.01. The second-order valence-corrected chi connectivity index (χ2v) is 6.55. The first-order chi connectivity index (χ1) is 11.7. The fraction of sp³-hybridized carbons (Fsp3) is 0.412. The van der Waals surface area contributed by atoms with Gasteiger partial charge in [-0.2, -0.15) is 0 Å². The van der Waals surface area contributed by atoms with Crippen molar-refractivity contribution in [3.63, 3.8) is 0 Å². The lowest BCUT2D eigenvalue weighted by molar-refractivity contribution is 0.0383. The van der Waals surface area contributed by atoms with Gasteiger partial charge in [-0.05, 0) is 18.6 Å². The third kappa shape index (κ3) is 4.53. The molecule has 1 aliphatic heterocycles. The number of para-hydroxylation sites is 1. The van der Waals surface area contributed by atoms with E-state index >= 15 is 0 Å². The Morgan fingerprint density at radius 3 is 2.92 bits per heavy atom. The molecule has 2 heterocycles. The van der Waals surface area contributed by atoms with Gasteiger partial charge >= 0.3 is 0 Å². The van der Waals surface area contributed by atoms with Crippen LogP contribution in [0.3, 0.4) is 0 Å². The van der Waals surface area contributed by atoms with Crippen LogP contribution in [-0.4, -0.2) is 55.2 Å². The summed E-state index contributed by atoms with van der Waals surface area (Å²) in [5, 5.41) is 8.70. The van der Waals surface area contributed by atoms with Crippen LogP contribution in [0.5, 0.6) is 0 Å². The smallest absolute Gasteiger partial charge is 0.270 e. The molecule has 7 heteroatoms. The first kappa shape index (κ1) is 16.9. The second kappa shape index (κ2) is 8.23. The molecule has 3 rings (SSSR count). The number of anilines is 2. The van der Waals surface area contributed by atoms with Gasteiger partial charge in [-0.25, -0.2) is 4.98 Å². The molecular formula is C17H22N4O2S. The highest BCUT2D eigenvalue weighted by Crippen LogP contribution is 2.23. The van der Waals surface area contributed by atoms with Crippen molar-refractivity contribution in [2.45, 2.75) is 6.92 Å². The van der Waals surface area contributed by atoms with Crippen LogP contribution in [0.4, 0.5) is 10.8 Å². The minimum Gasteiger partial charge on any atom is -0.379 e. The zero-order valence-corrected chi connectivity index (χ0v) is 14.6. The van der Waals surface area contributed by atoms with Crippen LogP contribution < -0.4 is 10.6 Å². The summed E-state index contributed by atoms with van der Waals surface area (Å²) >= 11 is 1.43. The Balaban J connectivity index is 1.49. The van der Waals surface area contributed by atoms with Crippen molar-refractivity contribution in [1.29, 1.82) is 0 Å². The normalized spacial score (nSPS) is 15.2. The van der Waals surface area contributed by atoms with Crippen LogP contribution in [0.2, 0.25) is 0 Å². The molecule has 1 saturated heterocycles. The number of aromatic nitrogens is 1. The monoisotopic (exact) mass is 346 g/mol. The molecule has 0 bridgehead atoms. The summed E-state index contributed by atoms with van der Waals surface area (Å²) in [7, 11) is 0. The molecule has 1 aromatic carbocycles. The lowest BCUT2D eigenvalue weighted by Gasteiger charge is -2.26. The number of aryl methyl sites for hydroxylation is 1. The lowest BCUT2D eigenvalue weighted by atomic mass is 10.2. The molecule has 1 amide bonds. The van der Waals surface area contributed by atoms with E-state index in [4.69, 9.17) is 4.74 Å². The number of morpholine rings is 1. The maximum absolute atomic E-state index is 12.2. The van der Waals surface area contributed by atoms with Crippen LogP contribution in [0.25, 0.3) is 0 Å². The summed E-state index contributed by atoms with van der Waals surface area (Å²) in [4.78, 5) is 18.8. The van der Waals surface area contributed by atoms with Gasteiger partial charge in [0.15, 0.2) is 5.13 Å². The standard InChI is InChI=1S/C17H22N4O2S/c1-13-4-2-3-5-14(13)19-17-20-15(12-24-17)16(22)18-6-7-21-8-10-23-11-9-21/h2-5,12H,6-11H2,1H3,(H,18,22)(H,19,20). The average Bonchev–Trinajstić information content (AvgIpc) is 3.07. The van der Waals surface area contributed by atoms with Crippen LogP contribution >= 0.6 is 11.3 Å². The van der Waals surface area contributed by atoms with E-state index < -0.39 is 0 Å². The van der Waals surface area contributed by atoms with E-state index in [1.807, 2.05) is 31.2 Å². The quantitative estimate of drug-likeness (QED) is 0.840. The van der Waals surface area contributed by atoms with E-state index in [2.05, 4.69) is 20.5 Å². The zero-order valence-electron chi connectivity index (χ0n) is 13.7. The molecule has 128 valence electrons. The Bertz CT molecular complexity index is 683. The number of amides is 1. The average molecular weight is 346 g/mol. The van der Waals surface area contributed by atoms with E-state index in [0.717, 1.165) is 49.2 Å². The van der Waals surface area contributed by atoms with Gasteiger partial charge in [-0.1, -0.05) is 18.2 Å². The second-order valence-electron chi connectivity index (χ2n) is 5.69. The molecule has 0 saturated carbocycles. The third-order valence-electron chi connectivity index (χ3n) is 3.94. The van der Waals surface area contributed by atoms with E-state index in [9.17, 15) is 4.79 Å². The molecule has 0 atom stereocenters. The fourth-order valence-corrected chi connectivity index (χ4v) is 3.21. The van der Waals surface area contributed by atoms with Crippen LogP contribution in [0.15, 0.2) is 29.6 Å². The number of nitrogens with zero attached hydrogens (tertiary/aromatic N) is 2. The van der Waals surface area contributed by atoms with E-state index in [1.165, 1.54) is 11.3 Å². The van der Waals surface area contributed by atoms with Crippen LogP contribution in [0.1, 0.15) is 16.1 Å². The van der Waals surface area contributed by atoms with Gasteiger partial charge in [0.25, 0.3) is 5.91 Å². The summed E-state index contributed by atoms with van der Waals surface area (Å²) in [6.45, 7) is 6.90. The number of rotatable bonds is 6. The third-order valence-corrected chi connectivity index (χ3v) is 4.70. The van der Waals surface area contributed by atoms with Crippen molar-refractivity contribution in [2.24, 2.45) is 0 Å².